The standard InChI is InChI=1S/C10H15N3O4S/c1-2-13(7-8-14)10-5-3-9(4-6-10)11-12-18(15,16)17/h3-6,14H,2,7-8H2,1H3,(H,15,16,17). The molecule has 0 fully saturated rings. The van der Waals surface area contributed by atoms with E-state index in [-0.39, 0.29) is 6.61 Å². The number of hydrogen-bond acceptors (Lipinski definition) is 5. The van der Waals surface area contributed by atoms with Crippen molar-refractivity contribution in [2.45, 2.75) is 6.92 Å². The number of nitrogens with zero attached hydrogens (tertiary/aromatic N) is 3. The average molecular weight is 273 g/mol. The van der Waals surface area contributed by atoms with Gasteiger partial charge in [0.2, 0.25) is 0 Å². The Balaban J connectivity index is 2.82. The molecule has 1 aromatic carbocycles. The molecule has 18 heavy (non-hydrogen) atoms. The molecule has 100 valence electrons. The molecule has 8 heteroatoms. The topological polar surface area (TPSA) is 103 Å². The maximum absolute atomic E-state index is 10.4. The van der Waals surface area contributed by atoms with Gasteiger partial charge in [0.1, 0.15) is 0 Å². The molecular weight excluding hydrogens is 258 g/mol. The van der Waals surface area contributed by atoms with E-state index < -0.39 is 10.3 Å². The van der Waals surface area contributed by atoms with Gasteiger partial charge in [-0.2, -0.15) is 8.42 Å². The van der Waals surface area contributed by atoms with E-state index in [4.69, 9.17) is 9.66 Å². The summed E-state index contributed by atoms with van der Waals surface area (Å²) >= 11 is 0. The summed E-state index contributed by atoms with van der Waals surface area (Å²) < 4.78 is 31.9. The first kappa shape index (κ1) is 14.6. The maximum Gasteiger partial charge on any atom is 0.396 e. The molecule has 0 aromatic heterocycles. The van der Waals surface area contributed by atoms with Crippen molar-refractivity contribution in [1.82, 2.24) is 0 Å². The van der Waals surface area contributed by atoms with Crippen LogP contribution in [0.15, 0.2) is 33.9 Å². The quantitative estimate of drug-likeness (QED) is 0.602. The number of hydrogen-bond donors (Lipinski definition) is 2. The summed E-state index contributed by atoms with van der Waals surface area (Å²) in [6.45, 7) is 3.27. The van der Waals surface area contributed by atoms with Gasteiger partial charge in [-0.1, -0.05) is 0 Å². The summed E-state index contributed by atoms with van der Waals surface area (Å²) in [5, 5.41) is 12.3. The summed E-state index contributed by atoms with van der Waals surface area (Å²) in [5.74, 6) is 0. The molecule has 0 saturated carbocycles. The van der Waals surface area contributed by atoms with Crippen LogP contribution in [0.2, 0.25) is 0 Å². The predicted octanol–water partition coefficient (Wildman–Crippen LogP) is 1.39. The highest BCUT2D eigenvalue weighted by Gasteiger charge is 2.03. The molecule has 0 radical (unpaired) electrons. The minimum Gasteiger partial charge on any atom is -0.395 e. The van der Waals surface area contributed by atoms with E-state index in [1.54, 1.807) is 24.3 Å². The van der Waals surface area contributed by atoms with Gasteiger partial charge < -0.3 is 10.0 Å². The van der Waals surface area contributed by atoms with Gasteiger partial charge >= 0.3 is 10.3 Å². The van der Waals surface area contributed by atoms with E-state index in [9.17, 15) is 8.42 Å². The predicted molar refractivity (Wildman–Crippen MR) is 67.5 cm³/mol. The third kappa shape index (κ3) is 4.78. The van der Waals surface area contributed by atoms with Gasteiger partial charge in [0.05, 0.1) is 12.3 Å². The number of rotatable bonds is 6. The largest absolute Gasteiger partial charge is 0.396 e. The monoisotopic (exact) mass is 273 g/mol. The molecule has 0 atom stereocenters. The lowest BCUT2D eigenvalue weighted by atomic mass is 10.2. The van der Waals surface area contributed by atoms with Crippen LogP contribution in [0.1, 0.15) is 6.92 Å². The molecule has 0 aliphatic carbocycles. The van der Waals surface area contributed by atoms with Crippen molar-refractivity contribution in [2.24, 2.45) is 9.63 Å². The third-order valence-corrected chi connectivity index (χ3v) is 2.51. The van der Waals surface area contributed by atoms with E-state index >= 15 is 0 Å². The average Bonchev–Trinajstić information content (AvgIpc) is 2.33. The Morgan fingerprint density at radius 3 is 2.33 bits per heavy atom. The minimum atomic E-state index is -4.45. The van der Waals surface area contributed by atoms with Crippen molar-refractivity contribution in [1.29, 1.82) is 0 Å². The van der Waals surface area contributed by atoms with E-state index in [2.05, 4.69) is 9.63 Å². The van der Waals surface area contributed by atoms with Gasteiger partial charge in [-0.25, -0.2) is 0 Å². The summed E-state index contributed by atoms with van der Waals surface area (Å²) in [6.07, 6.45) is 0. The normalized spacial score (nSPS) is 11.9. The number of benzene rings is 1. The van der Waals surface area contributed by atoms with Gasteiger partial charge in [0.15, 0.2) is 0 Å². The molecule has 0 aliphatic rings. The number of aliphatic hydroxyl groups excluding tert-OH is 1. The van der Waals surface area contributed by atoms with E-state index in [1.165, 1.54) is 0 Å². The molecule has 0 amide bonds. The second-order valence-electron chi connectivity index (χ2n) is 3.45. The highest BCUT2D eigenvalue weighted by molar-refractivity contribution is 7.84. The third-order valence-electron chi connectivity index (χ3n) is 2.23. The van der Waals surface area contributed by atoms with Crippen LogP contribution in [0, 0.1) is 0 Å². The molecular formula is C10H15N3O4S. The molecule has 0 saturated heterocycles. The highest BCUT2D eigenvalue weighted by atomic mass is 32.2. The van der Waals surface area contributed by atoms with Gasteiger partial charge in [-0.3, -0.25) is 4.55 Å². The SMILES string of the molecule is CCN(CCO)c1ccc(N=NS(=O)(=O)O)cc1. The fourth-order valence-corrected chi connectivity index (χ4v) is 1.62. The maximum atomic E-state index is 10.4. The zero-order valence-electron chi connectivity index (χ0n) is 9.89. The van der Waals surface area contributed by atoms with Crippen LogP contribution in [0.4, 0.5) is 11.4 Å². The van der Waals surface area contributed by atoms with Crippen molar-refractivity contribution >= 4 is 21.7 Å². The molecule has 1 aromatic rings. The lowest BCUT2D eigenvalue weighted by Crippen LogP contribution is -2.25. The molecule has 1 rings (SSSR count). The van der Waals surface area contributed by atoms with Crippen LogP contribution in [-0.4, -0.2) is 37.8 Å². The number of likely N-dealkylation sites (N-methyl/N-ethyl adjacent to an activating group) is 1. The Kier molecular flexibility index (Phi) is 5.20. The lowest BCUT2D eigenvalue weighted by Gasteiger charge is -2.21. The highest BCUT2D eigenvalue weighted by Crippen LogP contribution is 2.20. The van der Waals surface area contributed by atoms with Gasteiger partial charge in [-0.15, -0.1) is 5.11 Å². The summed E-state index contributed by atoms with van der Waals surface area (Å²) in [6, 6.07) is 6.61. The van der Waals surface area contributed by atoms with Crippen molar-refractivity contribution in [3.8, 4) is 0 Å². The van der Waals surface area contributed by atoms with E-state index in [1.807, 2.05) is 11.8 Å². The molecule has 7 nitrogen and oxygen atoms in total. The molecule has 2 N–H and O–H groups in total. The molecule has 0 unspecified atom stereocenters. The smallest absolute Gasteiger partial charge is 0.395 e. The Labute approximate surface area is 106 Å². The zero-order valence-corrected chi connectivity index (χ0v) is 10.7. The number of aliphatic hydroxyl groups is 1. The van der Waals surface area contributed by atoms with Gasteiger partial charge in [0, 0.05) is 18.8 Å². The Morgan fingerprint density at radius 2 is 1.89 bits per heavy atom. The summed E-state index contributed by atoms with van der Waals surface area (Å²) in [7, 11) is -4.45. The van der Waals surface area contributed by atoms with Gasteiger partial charge in [-0.05, 0) is 35.7 Å². The van der Waals surface area contributed by atoms with E-state index in [0.717, 1.165) is 12.2 Å². The molecule has 0 heterocycles. The Hall–Kier alpha value is -1.51. The van der Waals surface area contributed by atoms with Crippen LogP contribution in [0.3, 0.4) is 0 Å². The van der Waals surface area contributed by atoms with Gasteiger partial charge in [0.25, 0.3) is 0 Å². The summed E-state index contributed by atoms with van der Waals surface area (Å²) in [5.41, 5.74) is 1.20. The van der Waals surface area contributed by atoms with Crippen LogP contribution in [-0.2, 0) is 10.3 Å². The molecule has 0 bridgehead atoms. The van der Waals surface area contributed by atoms with E-state index in [0.29, 0.717) is 12.2 Å². The Morgan fingerprint density at radius 1 is 1.28 bits per heavy atom. The van der Waals surface area contributed by atoms with Crippen molar-refractivity contribution in [2.75, 3.05) is 24.6 Å². The second kappa shape index (κ2) is 6.43. The first-order chi connectivity index (χ1) is 8.46. The van der Waals surface area contributed by atoms with Crippen LogP contribution >= 0.6 is 0 Å². The van der Waals surface area contributed by atoms with Crippen LogP contribution in [0.5, 0.6) is 0 Å². The Bertz CT molecular complexity index is 498. The molecule has 0 aliphatic heterocycles. The fraction of sp³-hybridized carbons (Fsp3) is 0.400. The van der Waals surface area contributed by atoms with Crippen molar-refractivity contribution < 1.29 is 18.1 Å². The first-order valence-corrected chi connectivity index (χ1v) is 6.72. The van der Waals surface area contributed by atoms with Crippen LogP contribution < -0.4 is 4.90 Å². The summed E-state index contributed by atoms with van der Waals surface area (Å²) in [4.78, 5) is 1.95. The minimum absolute atomic E-state index is 0.0536. The van der Waals surface area contributed by atoms with Crippen molar-refractivity contribution in [3.63, 3.8) is 0 Å². The number of anilines is 1. The van der Waals surface area contributed by atoms with Crippen LogP contribution in [0.25, 0.3) is 0 Å². The first-order valence-electron chi connectivity index (χ1n) is 5.32. The lowest BCUT2D eigenvalue weighted by molar-refractivity contribution is 0.302. The molecule has 0 spiro atoms. The second-order valence-corrected chi connectivity index (χ2v) is 4.51. The zero-order chi connectivity index (χ0) is 13.6. The van der Waals surface area contributed by atoms with Crippen molar-refractivity contribution in [3.05, 3.63) is 24.3 Å². The fourth-order valence-electron chi connectivity index (χ4n) is 1.42.